The van der Waals surface area contributed by atoms with Crippen LogP contribution in [0.4, 0.5) is 13.2 Å². The molecule has 31 heavy (non-hydrogen) atoms. The van der Waals surface area contributed by atoms with Crippen molar-refractivity contribution in [2.24, 2.45) is 7.05 Å². The number of pyridine rings is 1. The minimum Gasteiger partial charge on any atom is -0.342 e. The third-order valence-corrected chi connectivity index (χ3v) is 5.81. The maximum atomic E-state index is 13.0. The Bertz CT molecular complexity index is 1140. The lowest BCUT2D eigenvalue weighted by atomic mass is 10.0. The fourth-order valence-corrected chi connectivity index (χ4v) is 4.03. The molecule has 0 spiro atoms. The first-order valence-electron chi connectivity index (χ1n) is 10.3. The zero-order chi connectivity index (χ0) is 21.8. The summed E-state index contributed by atoms with van der Waals surface area (Å²) >= 11 is 0. The molecule has 1 aliphatic heterocycles. The summed E-state index contributed by atoms with van der Waals surface area (Å²) in [4.78, 5) is 16.3. The number of carbonyl (C=O) groups is 1. The molecular weight excluding hydrogens is 409 g/mol. The van der Waals surface area contributed by atoms with Gasteiger partial charge in [-0.3, -0.25) is 19.1 Å². The Morgan fingerprint density at radius 2 is 1.97 bits per heavy atom. The average molecular weight is 430 g/mol. The normalized spacial score (nSPS) is 18.6. The van der Waals surface area contributed by atoms with E-state index in [9.17, 15) is 18.0 Å². The van der Waals surface area contributed by atoms with Crippen LogP contribution >= 0.6 is 0 Å². The van der Waals surface area contributed by atoms with E-state index >= 15 is 0 Å². The lowest BCUT2D eigenvalue weighted by molar-refractivity contribution is -0.141. The number of halogens is 3. The van der Waals surface area contributed by atoms with Gasteiger partial charge in [0.15, 0.2) is 0 Å². The first kappa shape index (κ1) is 19.8. The van der Waals surface area contributed by atoms with E-state index in [4.69, 9.17) is 0 Å². The Morgan fingerprint density at radius 1 is 1.16 bits per heavy atom. The Hall–Kier alpha value is -3.17. The van der Waals surface area contributed by atoms with Crippen LogP contribution in [0.5, 0.6) is 0 Å². The van der Waals surface area contributed by atoms with Gasteiger partial charge in [-0.1, -0.05) is 0 Å². The van der Waals surface area contributed by atoms with Crippen LogP contribution in [0.1, 0.15) is 65.2 Å². The molecular formula is C21H21F3N6O. The second-order valence-corrected chi connectivity index (χ2v) is 8.13. The Kier molecular flexibility index (Phi) is 4.60. The molecule has 10 heteroatoms. The number of fused-ring (bicyclic) bond motifs is 1. The largest absolute Gasteiger partial charge is 0.433 e. The van der Waals surface area contributed by atoms with Crippen LogP contribution in [-0.2, 0) is 19.8 Å². The summed E-state index contributed by atoms with van der Waals surface area (Å²) in [5, 5.41) is 12.0. The maximum absolute atomic E-state index is 13.0. The Balaban J connectivity index is 1.40. The van der Waals surface area contributed by atoms with E-state index in [0.717, 1.165) is 49.3 Å². The lowest BCUT2D eigenvalue weighted by Crippen LogP contribution is -2.33. The average Bonchev–Trinajstić information content (AvgIpc) is 3.36. The predicted molar refractivity (Wildman–Crippen MR) is 105 cm³/mol. The maximum Gasteiger partial charge on any atom is 0.433 e. The highest BCUT2D eigenvalue weighted by molar-refractivity contribution is 5.93. The number of rotatable bonds is 4. The second kappa shape index (κ2) is 7.21. The van der Waals surface area contributed by atoms with Crippen LogP contribution in [0.25, 0.3) is 11.3 Å². The van der Waals surface area contributed by atoms with Crippen LogP contribution in [-0.4, -0.2) is 30.5 Å². The van der Waals surface area contributed by atoms with Crippen molar-refractivity contribution in [2.45, 2.75) is 50.4 Å². The molecule has 2 aliphatic rings. The van der Waals surface area contributed by atoms with Crippen molar-refractivity contribution in [3.63, 3.8) is 0 Å². The first-order chi connectivity index (χ1) is 14.8. The van der Waals surface area contributed by atoms with E-state index in [1.807, 2.05) is 6.07 Å². The van der Waals surface area contributed by atoms with E-state index in [1.165, 1.54) is 6.07 Å². The van der Waals surface area contributed by atoms with Crippen LogP contribution < -0.4 is 5.32 Å². The molecule has 1 unspecified atom stereocenters. The van der Waals surface area contributed by atoms with Crippen LogP contribution in [0.2, 0.25) is 0 Å². The molecule has 0 bridgehead atoms. The van der Waals surface area contributed by atoms with Gasteiger partial charge in [0.1, 0.15) is 11.4 Å². The molecule has 7 nitrogen and oxygen atoms in total. The summed E-state index contributed by atoms with van der Waals surface area (Å²) in [6, 6.07) is 5.82. The van der Waals surface area contributed by atoms with Crippen LogP contribution in [0.15, 0.2) is 30.5 Å². The van der Waals surface area contributed by atoms with Gasteiger partial charge in [-0.15, -0.1) is 0 Å². The summed E-state index contributed by atoms with van der Waals surface area (Å²) in [5.74, 6) is 0.236. The third-order valence-electron chi connectivity index (χ3n) is 5.81. The van der Waals surface area contributed by atoms with Crippen molar-refractivity contribution < 1.29 is 18.0 Å². The number of hydrogen-bond donors (Lipinski definition) is 1. The number of amides is 1. The van der Waals surface area contributed by atoms with Crippen molar-refractivity contribution in [3.8, 4) is 11.3 Å². The summed E-state index contributed by atoms with van der Waals surface area (Å²) in [7, 11) is 1.76. The van der Waals surface area contributed by atoms with Gasteiger partial charge in [0.2, 0.25) is 0 Å². The number of nitrogens with zero attached hydrogens (tertiary/aromatic N) is 5. The van der Waals surface area contributed by atoms with Crippen molar-refractivity contribution in [1.82, 2.24) is 29.9 Å². The van der Waals surface area contributed by atoms with Gasteiger partial charge < -0.3 is 5.32 Å². The molecule has 0 saturated heterocycles. The SMILES string of the molecule is Cn1nc(C2CC2)cc1C(=O)NC1CCCn2nc(-c3ccnc(C(F)(F)F)c3)cc21. The van der Waals surface area contributed by atoms with Crippen molar-refractivity contribution in [2.75, 3.05) is 0 Å². The second-order valence-electron chi connectivity index (χ2n) is 8.13. The molecule has 3 aromatic rings. The number of aryl methyl sites for hydroxylation is 2. The summed E-state index contributed by atoms with van der Waals surface area (Å²) in [6.45, 7) is 0.649. The quantitative estimate of drug-likeness (QED) is 0.682. The number of aromatic nitrogens is 5. The summed E-state index contributed by atoms with van der Waals surface area (Å²) < 4.78 is 42.4. The van der Waals surface area contributed by atoms with E-state index in [0.29, 0.717) is 29.4 Å². The highest BCUT2D eigenvalue weighted by Crippen LogP contribution is 2.39. The fourth-order valence-electron chi connectivity index (χ4n) is 4.03. The number of carbonyl (C=O) groups excluding carboxylic acids is 1. The van der Waals surface area contributed by atoms with E-state index in [-0.39, 0.29) is 11.9 Å². The Labute approximate surface area is 176 Å². The third kappa shape index (κ3) is 3.82. The molecule has 1 amide bonds. The van der Waals surface area contributed by atoms with Gasteiger partial charge in [-0.2, -0.15) is 23.4 Å². The highest BCUT2D eigenvalue weighted by atomic mass is 19.4. The number of nitrogens with one attached hydrogen (secondary N) is 1. The van der Waals surface area contributed by atoms with Gasteiger partial charge in [-0.05, 0) is 49.9 Å². The molecule has 1 fully saturated rings. The molecule has 4 heterocycles. The zero-order valence-electron chi connectivity index (χ0n) is 16.9. The van der Waals surface area contributed by atoms with Gasteiger partial charge in [0, 0.05) is 31.3 Å². The molecule has 0 aromatic carbocycles. The highest BCUT2D eigenvalue weighted by Gasteiger charge is 2.33. The zero-order valence-corrected chi connectivity index (χ0v) is 16.9. The molecule has 1 N–H and O–H groups in total. The van der Waals surface area contributed by atoms with Crippen molar-refractivity contribution in [3.05, 3.63) is 53.2 Å². The first-order valence-corrected chi connectivity index (χ1v) is 10.3. The molecule has 1 atom stereocenters. The van der Waals surface area contributed by atoms with E-state index in [1.54, 1.807) is 22.5 Å². The minimum atomic E-state index is -4.52. The summed E-state index contributed by atoms with van der Waals surface area (Å²) in [6.07, 6.45) is 0.363. The fraction of sp³-hybridized carbons (Fsp3) is 0.429. The minimum absolute atomic E-state index is 0.216. The molecule has 1 aliphatic carbocycles. The molecule has 5 rings (SSSR count). The van der Waals surface area contributed by atoms with Gasteiger partial charge in [-0.25, -0.2) is 0 Å². The monoisotopic (exact) mass is 430 g/mol. The number of hydrogen-bond acceptors (Lipinski definition) is 4. The number of alkyl halides is 3. The summed E-state index contributed by atoms with van der Waals surface area (Å²) in [5.41, 5.74) is 2.05. The molecule has 3 aromatic heterocycles. The van der Waals surface area contributed by atoms with Crippen LogP contribution in [0.3, 0.4) is 0 Å². The molecule has 1 saturated carbocycles. The predicted octanol–water partition coefficient (Wildman–Crippen LogP) is 3.84. The van der Waals surface area contributed by atoms with E-state index < -0.39 is 11.9 Å². The van der Waals surface area contributed by atoms with Gasteiger partial charge in [0.05, 0.1) is 23.1 Å². The van der Waals surface area contributed by atoms with Crippen molar-refractivity contribution in [1.29, 1.82) is 0 Å². The smallest absolute Gasteiger partial charge is 0.342 e. The Morgan fingerprint density at radius 3 is 2.71 bits per heavy atom. The topological polar surface area (TPSA) is 77.6 Å². The van der Waals surface area contributed by atoms with Gasteiger partial charge >= 0.3 is 6.18 Å². The molecule has 162 valence electrons. The lowest BCUT2D eigenvalue weighted by Gasteiger charge is -2.24. The molecule has 0 radical (unpaired) electrons. The van der Waals surface area contributed by atoms with E-state index in [2.05, 4.69) is 20.5 Å². The van der Waals surface area contributed by atoms with Crippen molar-refractivity contribution >= 4 is 5.91 Å². The standard InChI is InChI=1S/C21H21F3N6O/c1-29-18(11-15(27-29)12-4-5-12)20(31)26-14-3-2-8-30-17(14)10-16(28-30)13-6-7-25-19(9-13)21(22,23)24/h6-7,9-12,14H,2-5,8H2,1H3,(H,26,31). The van der Waals surface area contributed by atoms with Gasteiger partial charge in [0.25, 0.3) is 5.91 Å². The van der Waals surface area contributed by atoms with Crippen LogP contribution in [0, 0.1) is 0 Å².